The van der Waals surface area contributed by atoms with E-state index >= 15 is 0 Å². The minimum Gasteiger partial charge on any atom is -0.391 e. The first-order valence-electron chi connectivity index (χ1n) is 10.3. The van der Waals surface area contributed by atoms with E-state index < -0.39 is 54.1 Å². The van der Waals surface area contributed by atoms with Gasteiger partial charge in [0.05, 0.1) is 12.2 Å². The molecule has 30 heavy (non-hydrogen) atoms. The second-order valence-corrected chi connectivity index (χ2v) is 7.99. The Morgan fingerprint density at radius 1 is 0.967 bits per heavy atom. The lowest BCUT2D eigenvalue weighted by atomic mass is 10.1. The van der Waals surface area contributed by atoms with Gasteiger partial charge in [-0.3, -0.25) is 19.2 Å². The molecule has 170 valence electrons. The molecule has 11 nitrogen and oxygen atoms in total. The highest BCUT2D eigenvalue weighted by Crippen LogP contribution is 2.25. The molecule has 11 heteroatoms. The maximum absolute atomic E-state index is 13.2. The maximum atomic E-state index is 13.2. The second kappa shape index (κ2) is 10.2. The average Bonchev–Trinajstić information content (AvgIpc) is 3.38. The zero-order valence-electron chi connectivity index (χ0n) is 17.7. The van der Waals surface area contributed by atoms with E-state index in [1.54, 1.807) is 0 Å². The summed E-state index contributed by atoms with van der Waals surface area (Å²) in [5.74, 6) is -1.89. The molecule has 2 rings (SSSR count). The highest BCUT2D eigenvalue weighted by Gasteiger charge is 2.44. The summed E-state index contributed by atoms with van der Waals surface area (Å²) in [6.45, 7) is 3.53. The van der Waals surface area contributed by atoms with Crippen LogP contribution in [0.15, 0.2) is 0 Å². The second-order valence-electron chi connectivity index (χ2n) is 7.99. The predicted octanol–water partition coefficient (Wildman–Crippen LogP) is -2.71. The molecule has 0 aromatic rings. The van der Waals surface area contributed by atoms with Crippen molar-refractivity contribution in [2.24, 2.45) is 5.73 Å². The fourth-order valence-corrected chi connectivity index (χ4v) is 3.99. The number of carbonyl (C=O) groups excluding carboxylic acids is 4. The van der Waals surface area contributed by atoms with E-state index in [0.29, 0.717) is 38.8 Å². The topological polar surface area (TPSA) is 165 Å². The summed E-state index contributed by atoms with van der Waals surface area (Å²) in [6, 6.07) is -3.77. The predicted molar refractivity (Wildman–Crippen MR) is 107 cm³/mol. The van der Waals surface area contributed by atoms with Crippen molar-refractivity contribution in [2.75, 3.05) is 20.1 Å². The normalized spacial score (nSPS) is 25.4. The van der Waals surface area contributed by atoms with Crippen LogP contribution in [0.25, 0.3) is 0 Å². The Morgan fingerprint density at radius 3 is 2.07 bits per heavy atom. The van der Waals surface area contributed by atoms with Crippen molar-refractivity contribution in [3.63, 3.8) is 0 Å². The quantitative estimate of drug-likeness (QED) is 0.295. The summed E-state index contributed by atoms with van der Waals surface area (Å²) in [6.07, 6.45) is -0.0371. The van der Waals surface area contributed by atoms with E-state index in [1.165, 1.54) is 30.7 Å². The molecular formula is C19H33N5O6. The first-order chi connectivity index (χ1) is 14.1. The van der Waals surface area contributed by atoms with Crippen molar-refractivity contribution in [3.05, 3.63) is 0 Å². The van der Waals surface area contributed by atoms with Gasteiger partial charge in [-0.1, -0.05) is 0 Å². The van der Waals surface area contributed by atoms with E-state index in [-0.39, 0.29) is 5.91 Å². The monoisotopic (exact) mass is 427 g/mol. The highest BCUT2D eigenvalue weighted by atomic mass is 16.3. The molecule has 0 radical (unpaired) electrons. The number of aliphatic hydroxyl groups excluding tert-OH is 2. The zero-order valence-corrected chi connectivity index (χ0v) is 17.7. The van der Waals surface area contributed by atoms with Crippen LogP contribution in [0.3, 0.4) is 0 Å². The molecule has 2 saturated heterocycles. The molecular weight excluding hydrogens is 394 g/mol. The summed E-state index contributed by atoms with van der Waals surface area (Å²) >= 11 is 0. The Bertz CT molecular complexity index is 670. The summed E-state index contributed by atoms with van der Waals surface area (Å²) in [4.78, 5) is 53.3. The molecule has 0 saturated carbocycles. The first-order valence-corrected chi connectivity index (χ1v) is 10.3. The Kier molecular flexibility index (Phi) is 8.16. The molecule has 0 aromatic carbocycles. The Labute approximate surface area is 175 Å². The molecule has 2 aliphatic rings. The van der Waals surface area contributed by atoms with Crippen LogP contribution in [-0.4, -0.2) is 100 Å². The van der Waals surface area contributed by atoms with Crippen LogP contribution in [0.4, 0.5) is 0 Å². The van der Waals surface area contributed by atoms with E-state index in [1.807, 2.05) is 0 Å². The summed E-state index contributed by atoms with van der Waals surface area (Å²) in [5.41, 5.74) is 5.76. The van der Waals surface area contributed by atoms with Gasteiger partial charge in [0.1, 0.15) is 24.2 Å². The van der Waals surface area contributed by atoms with Crippen LogP contribution < -0.4 is 16.4 Å². The third kappa shape index (κ3) is 5.08. The number of nitrogens with one attached hydrogen (secondary N) is 2. The van der Waals surface area contributed by atoms with Gasteiger partial charge in [0.25, 0.3) is 0 Å². The number of carbonyl (C=O) groups is 4. The molecule has 0 spiro atoms. The third-order valence-electron chi connectivity index (χ3n) is 5.77. The van der Waals surface area contributed by atoms with E-state index in [0.717, 1.165) is 0 Å². The number of likely N-dealkylation sites (tertiary alicyclic amines) is 2. The maximum Gasteiger partial charge on any atom is 0.246 e. The molecule has 2 aliphatic heterocycles. The smallest absolute Gasteiger partial charge is 0.246 e. The molecule has 0 unspecified atom stereocenters. The minimum absolute atomic E-state index is 0.343. The van der Waals surface area contributed by atoms with E-state index in [4.69, 9.17) is 5.73 Å². The number of nitrogens with two attached hydrogens (primary N) is 1. The van der Waals surface area contributed by atoms with Crippen LogP contribution in [0.5, 0.6) is 0 Å². The molecule has 0 aromatic heterocycles. The van der Waals surface area contributed by atoms with Crippen molar-refractivity contribution in [1.82, 2.24) is 20.4 Å². The van der Waals surface area contributed by atoms with Gasteiger partial charge in [0.15, 0.2) is 0 Å². The summed E-state index contributed by atoms with van der Waals surface area (Å²) in [7, 11) is 1.40. The fraction of sp³-hybridized carbons (Fsp3) is 0.789. The van der Waals surface area contributed by atoms with Gasteiger partial charge >= 0.3 is 0 Å². The van der Waals surface area contributed by atoms with Crippen LogP contribution in [0, 0.1) is 0 Å². The lowest BCUT2D eigenvalue weighted by Crippen LogP contribution is -2.59. The van der Waals surface area contributed by atoms with Crippen molar-refractivity contribution in [2.45, 2.75) is 75.9 Å². The molecule has 0 aliphatic carbocycles. The van der Waals surface area contributed by atoms with Gasteiger partial charge in [-0.15, -0.1) is 0 Å². The Hall–Kier alpha value is -2.24. The van der Waals surface area contributed by atoms with E-state index in [9.17, 15) is 29.4 Å². The average molecular weight is 428 g/mol. The standard InChI is InChI=1S/C19H33N5O6/c1-10(25)14(20)19(30)24-9-5-7-13(24)18(29)23-8-4-6-12(23)16(27)22-15(11(2)26)17(28)21-3/h10-15,25-26H,4-9,20H2,1-3H3,(H,21,28)(H,22,27)/t10-,11-,12+,13+,14+,15+/m1/s1. The number of hydrogen-bond acceptors (Lipinski definition) is 7. The number of rotatable bonds is 7. The van der Waals surface area contributed by atoms with Gasteiger partial charge in [-0.2, -0.15) is 0 Å². The number of nitrogens with zero attached hydrogens (tertiary/aromatic N) is 2. The number of amides is 4. The van der Waals surface area contributed by atoms with E-state index in [2.05, 4.69) is 10.6 Å². The lowest BCUT2D eigenvalue weighted by Gasteiger charge is -2.33. The number of hydrogen-bond donors (Lipinski definition) is 5. The molecule has 0 bridgehead atoms. The van der Waals surface area contributed by atoms with Crippen LogP contribution in [-0.2, 0) is 19.2 Å². The Morgan fingerprint density at radius 2 is 1.53 bits per heavy atom. The molecule has 2 fully saturated rings. The SMILES string of the molecule is CNC(=O)[C@@H](NC(=O)[C@@H]1CCCN1C(=O)[C@@H]1CCCN1C(=O)[C@@H](N)[C@@H](C)O)[C@@H](C)O. The first kappa shape index (κ1) is 24.0. The van der Waals surface area contributed by atoms with Crippen molar-refractivity contribution in [3.8, 4) is 0 Å². The number of likely N-dealkylation sites (N-methyl/N-ethyl adjacent to an activating group) is 1. The molecule has 2 heterocycles. The number of aliphatic hydroxyl groups is 2. The van der Waals surface area contributed by atoms with Gasteiger partial charge in [-0.25, -0.2) is 0 Å². The summed E-state index contributed by atoms with van der Waals surface area (Å²) in [5, 5.41) is 24.3. The Balaban J connectivity index is 2.12. The molecule has 6 atom stereocenters. The minimum atomic E-state index is -1.13. The lowest BCUT2D eigenvalue weighted by molar-refractivity contribution is -0.148. The van der Waals surface area contributed by atoms with Crippen molar-refractivity contribution < 1.29 is 29.4 Å². The van der Waals surface area contributed by atoms with Gasteiger partial charge in [-0.05, 0) is 39.5 Å². The largest absolute Gasteiger partial charge is 0.391 e. The molecule has 6 N–H and O–H groups in total. The zero-order chi connectivity index (χ0) is 22.6. The van der Waals surface area contributed by atoms with Crippen molar-refractivity contribution >= 4 is 23.6 Å². The van der Waals surface area contributed by atoms with Gasteiger partial charge in [0, 0.05) is 20.1 Å². The van der Waals surface area contributed by atoms with Crippen LogP contribution >= 0.6 is 0 Å². The fourth-order valence-electron chi connectivity index (χ4n) is 3.99. The van der Waals surface area contributed by atoms with Gasteiger partial charge < -0.3 is 36.4 Å². The highest BCUT2D eigenvalue weighted by molar-refractivity contribution is 5.95. The van der Waals surface area contributed by atoms with Crippen LogP contribution in [0.2, 0.25) is 0 Å². The summed E-state index contributed by atoms with van der Waals surface area (Å²) < 4.78 is 0. The van der Waals surface area contributed by atoms with Crippen molar-refractivity contribution in [1.29, 1.82) is 0 Å². The van der Waals surface area contributed by atoms with Gasteiger partial charge in [0.2, 0.25) is 23.6 Å². The van der Waals surface area contributed by atoms with Crippen LogP contribution in [0.1, 0.15) is 39.5 Å². The molecule has 4 amide bonds. The third-order valence-corrected chi connectivity index (χ3v) is 5.77.